The van der Waals surface area contributed by atoms with Gasteiger partial charge in [-0.3, -0.25) is 4.79 Å². The molecule has 0 rings (SSSR count). The van der Waals surface area contributed by atoms with E-state index in [1.54, 1.807) is 0 Å². The minimum absolute atomic E-state index is 0.0556. The van der Waals surface area contributed by atoms with Crippen molar-refractivity contribution in [1.82, 2.24) is 5.32 Å². The first-order valence-corrected chi connectivity index (χ1v) is 5.51. The van der Waals surface area contributed by atoms with Crippen molar-refractivity contribution >= 4 is 21.8 Å². The molecule has 13 heavy (non-hydrogen) atoms. The van der Waals surface area contributed by atoms with E-state index >= 15 is 0 Å². The number of amides is 1. The van der Waals surface area contributed by atoms with Crippen LogP contribution in [-0.4, -0.2) is 16.8 Å². The second-order valence-corrected chi connectivity index (χ2v) is 6.39. The zero-order chi connectivity index (χ0) is 10.6. The van der Waals surface area contributed by atoms with Crippen molar-refractivity contribution in [3.63, 3.8) is 0 Å². The monoisotopic (exact) mass is 249 g/mol. The minimum Gasteiger partial charge on any atom is -0.355 e. The Balaban J connectivity index is 3.84. The minimum atomic E-state index is -0.455. The number of hydrogen-bond donors (Lipinski definition) is 1. The van der Waals surface area contributed by atoms with Gasteiger partial charge in [0.2, 0.25) is 5.91 Å². The highest BCUT2D eigenvalue weighted by Crippen LogP contribution is 2.16. The molecule has 78 valence electrons. The molecular formula is C10H20BrNO. The maximum Gasteiger partial charge on any atom is 0.236 e. The summed E-state index contributed by atoms with van der Waals surface area (Å²) in [7, 11) is 0. The van der Waals surface area contributed by atoms with Gasteiger partial charge >= 0.3 is 0 Å². The molecule has 1 atom stereocenters. The molecule has 0 aliphatic carbocycles. The van der Waals surface area contributed by atoms with Crippen molar-refractivity contribution in [1.29, 1.82) is 0 Å². The molecule has 0 aromatic heterocycles. The van der Waals surface area contributed by atoms with E-state index in [0.29, 0.717) is 11.8 Å². The van der Waals surface area contributed by atoms with Gasteiger partial charge in [0.15, 0.2) is 0 Å². The van der Waals surface area contributed by atoms with Gasteiger partial charge in [-0.15, -0.1) is 0 Å². The van der Waals surface area contributed by atoms with Gasteiger partial charge in [-0.05, 0) is 25.7 Å². The van der Waals surface area contributed by atoms with Crippen LogP contribution >= 0.6 is 15.9 Å². The van der Waals surface area contributed by atoms with Gasteiger partial charge in [-0.2, -0.15) is 0 Å². The van der Waals surface area contributed by atoms with E-state index in [0.717, 1.165) is 6.54 Å². The third-order valence-electron chi connectivity index (χ3n) is 2.26. The van der Waals surface area contributed by atoms with Gasteiger partial charge in [-0.25, -0.2) is 0 Å². The number of carbonyl (C=O) groups is 1. The second-order valence-electron chi connectivity index (χ2n) is 4.40. The molecule has 1 N–H and O–H groups in total. The van der Waals surface area contributed by atoms with Crippen LogP contribution in [0.5, 0.6) is 0 Å². The Bertz CT molecular complexity index is 172. The van der Waals surface area contributed by atoms with Crippen LogP contribution in [0.2, 0.25) is 0 Å². The van der Waals surface area contributed by atoms with Crippen molar-refractivity contribution in [2.75, 3.05) is 6.54 Å². The molecular weight excluding hydrogens is 230 g/mol. The molecule has 0 fully saturated rings. The summed E-state index contributed by atoms with van der Waals surface area (Å²) in [6, 6.07) is 0. The summed E-state index contributed by atoms with van der Waals surface area (Å²) < 4.78 is -0.455. The molecule has 0 bridgehead atoms. The molecule has 3 heteroatoms. The predicted octanol–water partition coefficient (Wildman–Crippen LogP) is 2.57. The van der Waals surface area contributed by atoms with Crippen LogP contribution in [0.15, 0.2) is 0 Å². The zero-order valence-electron chi connectivity index (χ0n) is 9.15. The summed E-state index contributed by atoms with van der Waals surface area (Å²) >= 11 is 3.32. The first kappa shape index (κ1) is 12.9. The highest BCUT2D eigenvalue weighted by atomic mass is 79.9. The van der Waals surface area contributed by atoms with E-state index in [4.69, 9.17) is 0 Å². The van der Waals surface area contributed by atoms with Gasteiger partial charge in [0.05, 0.1) is 4.32 Å². The Labute approximate surface area is 89.6 Å². The molecule has 1 amide bonds. The normalized spacial score (nSPS) is 14.4. The molecule has 0 aromatic carbocycles. The molecule has 0 spiro atoms. The molecule has 0 aliphatic rings. The molecule has 0 aromatic rings. The maximum atomic E-state index is 11.4. The van der Waals surface area contributed by atoms with Gasteiger partial charge < -0.3 is 5.32 Å². The summed E-state index contributed by atoms with van der Waals surface area (Å²) in [5, 5.41) is 2.92. The standard InChI is InChI=1S/C10H20BrNO/c1-7(2)8(3)6-12-9(13)10(4,5)11/h7-8H,6H2,1-5H3,(H,12,13). The Morgan fingerprint density at radius 3 is 2.15 bits per heavy atom. The van der Waals surface area contributed by atoms with Crippen molar-refractivity contribution in [2.24, 2.45) is 11.8 Å². The molecule has 1 unspecified atom stereocenters. The summed E-state index contributed by atoms with van der Waals surface area (Å²) in [5.41, 5.74) is 0. The van der Waals surface area contributed by atoms with E-state index in [1.807, 2.05) is 13.8 Å². The SMILES string of the molecule is CC(C)C(C)CNC(=O)C(C)(C)Br. The van der Waals surface area contributed by atoms with Crippen molar-refractivity contribution in [3.8, 4) is 0 Å². The largest absolute Gasteiger partial charge is 0.355 e. The van der Waals surface area contributed by atoms with Crippen LogP contribution in [0.3, 0.4) is 0 Å². The maximum absolute atomic E-state index is 11.4. The first-order chi connectivity index (χ1) is 5.75. The smallest absolute Gasteiger partial charge is 0.236 e. The summed E-state index contributed by atoms with van der Waals surface area (Å²) in [6.45, 7) is 10.9. The van der Waals surface area contributed by atoms with E-state index in [9.17, 15) is 4.79 Å². The average Bonchev–Trinajstić information content (AvgIpc) is 1.97. The van der Waals surface area contributed by atoms with Crippen LogP contribution < -0.4 is 5.32 Å². The molecule has 2 nitrogen and oxygen atoms in total. The van der Waals surface area contributed by atoms with Gasteiger partial charge in [0, 0.05) is 6.54 Å². The number of rotatable bonds is 4. The van der Waals surface area contributed by atoms with E-state index < -0.39 is 4.32 Å². The third kappa shape index (κ3) is 5.29. The summed E-state index contributed by atoms with van der Waals surface area (Å²) in [6.07, 6.45) is 0. The fourth-order valence-corrected chi connectivity index (χ4v) is 0.840. The van der Waals surface area contributed by atoms with Gasteiger partial charge in [-0.1, -0.05) is 36.7 Å². The fraction of sp³-hybridized carbons (Fsp3) is 0.900. The molecule has 0 radical (unpaired) electrons. The Kier molecular flexibility index (Phi) is 4.97. The number of alkyl halides is 1. The zero-order valence-corrected chi connectivity index (χ0v) is 10.7. The predicted molar refractivity (Wildman–Crippen MR) is 60.0 cm³/mol. The summed E-state index contributed by atoms with van der Waals surface area (Å²) in [4.78, 5) is 11.4. The van der Waals surface area contributed by atoms with Crippen molar-refractivity contribution in [2.45, 2.75) is 38.9 Å². The van der Waals surface area contributed by atoms with Gasteiger partial charge in [0.25, 0.3) is 0 Å². The topological polar surface area (TPSA) is 29.1 Å². The Hall–Kier alpha value is -0.0500. The third-order valence-corrected chi connectivity index (χ3v) is 2.62. The van der Waals surface area contributed by atoms with Crippen LogP contribution in [0.4, 0.5) is 0 Å². The Morgan fingerprint density at radius 2 is 1.85 bits per heavy atom. The van der Waals surface area contributed by atoms with Crippen molar-refractivity contribution < 1.29 is 4.79 Å². The molecule has 0 saturated heterocycles. The van der Waals surface area contributed by atoms with Crippen LogP contribution in [0.1, 0.15) is 34.6 Å². The van der Waals surface area contributed by atoms with E-state index in [1.165, 1.54) is 0 Å². The van der Waals surface area contributed by atoms with E-state index in [2.05, 4.69) is 42.0 Å². The molecule has 0 saturated carbocycles. The summed E-state index contributed by atoms with van der Waals surface area (Å²) in [5.74, 6) is 1.19. The highest BCUT2D eigenvalue weighted by Gasteiger charge is 2.23. The lowest BCUT2D eigenvalue weighted by atomic mass is 9.98. The lowest BCUT2D eigenvalue weighted by Crippen LogP contribution is -2.40. The number of nitrogens with one attached hydrogen (secondary N) is 1. The number of hydrogen-bond acceptors (Lipinski definition) is 1. The average molecular weight is 250 g/mol. The molecule has 0 heterocycles. The van der Waals surface area contributed by atoms with E-state index in [-0.39, 0.29) is 5.91 Å². The fourth-order valence-electron chi connectivity index (χ4n) is 0.700. The van der Waals surface area contributed by atoms with Crippen molar-refractivity contribution in [3.05, 3.63) is 0 Å². The number of halogens is 1. The second kappa shape index (κ2) is 4.99. The highest BCUT2D eigenvalue weighted by molar-refractivity contribution is 9.10. The quantitative estimate of drug-likeness (QED) is 0.763. The lowest BCUT2D eigenvalue weighted by molar-refractivity contribution is -0.122. The van der Waals surface area contributed by atoms with Crippen LogP contribution in [0.25, 0.3) is 0 Å². The number of carbonyl (C=O) groups excluding carboxylic acids is 1. The van der Waals surface area contributed by atoms with Crippen LogP contribution in [0, 0.1) is 11.8 Å². The lowest BCUT2D eigenvalue weighted by Gasteiger charge is -2.20. The first-order valence-electron chi connectivity index (χ1n) is 4.72. The molecule has 0 aliphatic heterocycles. The Morgan fingerprint density at radius 1 is 1.38 bits per heavy atom. The van der Waals surface area contributed by atoms with Crippen LogP contribution in [-0.2, 0) is 4.79 Å². The van der Waals surface area contributed by atoms with Gasteiger partial charge in [0.1, 0.15) is 0 Å².